The van der Waals surface area contributed by atoms with E-state index in [-0.39, 0.29) is 0 Å². The predicted molar refractivity (Wildman–Crippen MR) is 89.7 cm³/mol. The van der Waals surface area contributed by atoms with Crippen LogP contribution < -0.4 is 0 Å². The Hall–Kier alpha value is -0.260. The molecule has 1 saturated carbocycles. The Morgan fingerprint density at radius 2 is 1.55 bits per heavy atom. The van der Waals surface area contributed by atoms with Crippen molar-refractivity contribution < 1.29 is 0 Å². The molecule has 2 aliphatic carbocycles. The predicted octanol–water partition coefficient (Wildman–Crippen LogP) is 6.47. The third-order valence-corrected chi connectivity index (χ3v) is 6.76. The maximum Gasteiger partial charge on any atom is -0.00156 e. The second-order valence-electron chi connectivity index (χ2n) is 8.06. The van der Waals surface area contributed by atoms with Crippen molar-refractivity contribution in [3.8, 4) is 0 Å². The van der Waals surface area contributed by atoms with Crippen LogP contribution in [0.1, 0.15) is 80.1 Å². The maximum atomic E-state index is 2.49. The molecule has 1 fully saturated rings. The van der Waals surface area contributed by atoms with E-state index in [4.69, 9.17) is 0 Å². The van der Waals surface area contributed by atoms with E-state index in [1.54, 1.807) is 11.1 Å². The van der Waals surface area contributed by atoms with Crippen LogP contribution in [0.25, 0.3) is 0 Å². The molecule has 0 saturated heterocycles. The van der Waals surface area contributed by atoms with Gasteiger partial charge in [-0.25, -0.2) is 0 Å². The highest BCUT2D eigenvalue weighted by Gasteiger charge is 2.33. The number of rotatable bonds is 7. The van der Waals surface area contributed by atoms with E-state index in [0.29, 0.717) is 0 Å². The average Bonchev–Trinajstić information content (AvgIpc) is 2.91. The third-order valence-electron chi connectivity index (χ3n) is 6.76. The van der Waals surface area contributed by atoms with Crippen molar-refractivity contribution in [2.24, 2.45) is 35.5 Å². The van der Waals surface area contributed by atoms with Crippen molar-refractivity contribution in [1.29, 1.82) is 0 Å². The molecular weight excluding hydrogens is 240 g/mol. The van der Waals surface area contributed by atoms with Crippen LogP contribution in [-0.4, -0.2) is 0 Å². The topological polar surface area (TPSA) is 0 Å². The Balaban J connectivity index is 1.74. The summed E-state index contributed by atoms with van der Waals surface area (Å²) in [6, 6.07) is 0. The van der Waals surface area contributed by atoms with E-state index in [1.807, 2.05) is 0 Å². The molecule has 2 rings (SSSR count). The second kappa shape index (κ2) is 6.67. The fraction of sp³-hybridized carbons (Fsp3) is 0.900. The van der Waals surface area contributed by atoms with Crippen molar-refractivity contribution in [3.05, 3.63) is 11.1 Å². The van der Waals surface area contributed by atoms with E-state index >= 15 is 0 Å². The van der Waals surface area contributed by atoms with Crippen molar-refractivity contribution in [2.45, 2.75) is 80.1 Å². The van der Waals surface area contributed by atoms with Gasteiger partial charge in [-0.3, -0.25) is 0 Å². The summed E-state index contributed by atoms with van der Waals surface area (Å²) in [6.07, 6.45) is 8.53. The minimum atomic E-state index is 0.851. The lowest BCUT2D eigenvalue weighted by Crippen LogP contribution is -2.15. The van der Waals surface area contributed by atoms with Crippen LogP contribution in [0.2, 0.25) is 0 Å². The zero-order valence-electron chi connectivity index (χ0n) is 14.7. The molecule has 0 heterocycles. The second-order valence-corrected chi connectivity index (χ2v) is 8.06. The lowest BCUT2D eigenvalue weighted by molar-refractivity contribution is 0.266. The summed E-state index contributed by atoms with van der Waals surface area (Å²) in [6.45, 7) is 14.6. The monoisotopic (exact) mass is 276 g/mol. The Kier molecular flexibility index (Phi) is 5.37. The molecule has 0 aliphatic heterocycles. The maximum absolute atomic E-state index is 2.49. The first kappa shape index (κ1) is 16.1. The fourth-order valence-electron chi connectivity index (χ4n) is 4.67. The van der Waals surface area contributed by atoms with Crippen LogP contribution in [0, 0.1) is 35.5 Å². The highest BCUT2D eigenvalue weighted by Crippen LogP contribution is 2.46. The lowest BCUT2D eigenvalue weighted by atomic mass is 9.81. The lowest BCUT2D eigenvalue weighted by Gasteiger charge is -2.25. The molecule has 5 atom stereocenters. The van der Waals surface area contributed by atoms with Crippen LogP contribution in [-0.2, 0) is 0 Å². The van der Waals surface area contributed by atoms with Gasteiger partial charge in [0.15, 0.2) is 0 Å². The summed E-state index contributed by atoms with van der Waals surface area (Å²) in [5.74, 6) is 5.59. The minimum Gasteiger partial charge on any atom is -0.0638 e. The van der Waals surface area contributed by atoms with Gasteiger partial charge in [0.25, 0.3) is 0 Å². The van der Waals surface area contributed by atoms with E-state index in [0.717, 1.165) is 35.5 Å². The molecule has 0 heteroatoms. The molecule has 0 amide bonds. The quantitative estimate of drug-likeness (QED) is 0.468. The van der Waals surface area contributed by atoms with Gasteiger partial charge in [0.1, 0.15) is 0 Å². The van der Waals surface area contributed by atoms with Gasteiger partial charge in [0, 0.05) is 0 Å². The molecule has 0 aromatic carbocycles. The molecule has 0 N–H and O–H groups in total. The first-order valence-electron chi connectivity index (χ1n) is 9.17. The van der Waals surface area contributed by atoms with Gasteiger partial charge < -0.3 is 0 Å². The van der Waals surface area contributed by atoms with Crippen molar-refractivity contribution >= 4 is 0 Å². The molecule has 0 radical (unpaired) electrons. The van der Waals surface area contributed by atoms with Gasteiger partial charge in [-0.05, 0) is 54.8 Å². The van der Waals surface area contributed by atoms with Gasteiger partial charge in [0.2, 0.25) is 0 Å². The highest BCUT2D eigenvalue weighted by atomic mass is 14.4. The Labute approximate surface area is 127 Å². The molecule has 20 heavy (non-hydrogen) atoms. The standard InChI is InChI=1S/C20H36/c1-7-18-17(6)20(18)12-16(5)13(2)10-11-19-14(3)8-9-15(19)4/h13-17,19H,7-12H2,1-6H3. The summed E-state index contributed by atoms with van der Waals surface area (Å²) >= 11 is 0. The van der Waals surface area contributed by atoms with Crippen LogP contribution in [0.5, 0.6) is 0 Å². The smallest absolute Gasteiger partial charge is 0.00156 e. The highest BCUT2D eigenvalue weighted by molar-refractivity contribution is 5.39. The molecular formula is C20H36. The molecule has 2 aliphatic rings. The summed E-state index contributed by atoms with van der Waals surface area (Å²) in [5, 5.41) is 0. The Morgan fingerprint density at radius 1 is 0.950 bits per heavy atom. The molecule has 0 aromatic rings. The number of allylic oxidation sites excluding steroid dienone is 2. The van der Waals surface area contributed by atoms with Crippen LogP contribution in [0.4, 0.5) is 0 Å². The fourth-order valence-corrected chi connectivity index (χ4v) is 4.67. The van der Waals surface area contributed by atoms with Crippen LogP contribution in [0.15, 0.2) is 11.1 Å². The van der Waals surface area contributed by atoms with Crippen LogP contribution in [0.3, 0.4) is 0 Å². The Bertz CT molecular complexity index is 341. The first-order chi connectivity index (χ1) is 9.45. The Morgan fingerprint density at radius 3 is 2.05 bits per heavy atom. The van der Waals surface area contributed by atoms with Gasteiger partial charge >= 0.3 is 0 Å². The summed E-state index contributed by atoms with van der Waals surface area (Å²) in [7, 11) is 0. The zero-order valence-corrected chi connectivity index (χ0v) is 14.7. The molecule has 0 aromatic heterocycles. The summed E-state index contributed by atoms with van der Waals surface area (Å²) < 4.78 is 0. The van der Waals surface area contributed by atoms with Crippen molar-refractivity contribution in [2.75, 3.05) is 0 Å². The minimum absolute atomic E-state index is 0.851. The molecule has 0 spiro atoms. The molecule has 116 valence electrons. The molecule has 0 bridgehead atoms. The van der Waals surface area contributed by atoms with E-state index in [2.05, 4.69) is 41.5 Å². The van der Waals surface area contributed by atoms with Gasteiger partial charge in [-0.1, -0.05) is 72.0 Å². The third kappa shape index (κ3) is 3.49. The van der Waals surface area contributed by atoms with E-state index < -0.39 is 0 Å². The first-order valence-corrected chi connectivity index (χ1v) is 9.17. The average molecular weight is 277 g/mol. The van der Waals surface area contributed by atoms with Crippen LogP contribution >= 0.6 is 0 Å². The number of hydrogen-bond acceptors (Lipinski definition) is 0. The normalized spacial score (nSPS) is 36.3. The van der Waals surface area contributed by atoms with Gasteiger partial charge in [-0.2, -0.15) is 0 Å². The van der Waals surface area contributed by atoms with Crippen molar-refractivity contribution in [1.82, 2.24) is 0 Å². The SMILES string of the molecule is CCC1=C(CC(C)C(C)CCC2C(C)CCC2C)C1C. The van der Waals surface area contributed by atoms with Gasteiger partial charge in [0.05, 0.1) is 0 Å². The van der Waals surface area contributed by atoms with Gasteiger partial charge in [-0.15, -0.1) is 0 Å². The molecule has 0 nitrogen and oxygen atoms in total. The molecule has 5 unspecified atom stereocenters. The zero-order chi connectivity index (χ0) is 14.9. The number of hydrogen-bond donors (Lipinski definition) is 0. The summed E-state index contributed by atoms with van der Waals surface area (Å²) in [5.41, 5.74) is 3.57. The van der Waals surface area contributed by atoms with Crippen molar-refractivity contribution in [3.63, 3.8) is 0 Å². The van der Waals surface area contributed by atoms with E-state index in [1.165, 1.54) is 38.5 Å². The summed E-state index contributed by atoms with van der Waals surface area (Å²) in [4.78, 5) is 0. The van der Waals surface area contributed by atoms with E-state index in [9.17, 15) is 0 Å². The largest absolute Gasteiger partial charge is 0.0638 e.